The van der Waals surface area contributed by atoms with Gasteiger partial charge in [-0.05, 0) is 73.8 Å². The number of carbonyl (C=O) groups excluding carboxylic acids is 1. The predicted molar refractivity (Wildman–Crippen MR) is 148 cm³/mol. The van der Waals surface area contributed by atoms with Crippen LogP contribution in [0.3, 0.4) is 0 Å². The van der Waals surface area contributed by atoms with E-state index in [0.29, 0.717) is 41.2 Å². The molecular formula is C29H28ClF3N6O. The van der Waals surface area contributed by atoms with Crippen LogP contribution in [0.15, 0.2) is 48.5 Å². The highest BCUT2D eigenvalue weighted by Crippen LogP contribution is 2.35. The molecule has 5 rings (SSSR count). The van der Waals surface area contributed by atoms with E-state index in [9.17, 15) is 18.0 Å². The summed E-state index contributed by atoms with van der Waals surface area (Å²) in [7, 11) is 1.99. The molecule has 0 bridgehead atoms. The molecule has 1 aliphatic carbocycles. The molecule has 1 aromatic heterocycles. The third-order valence-corrected chi connectivity index (χ3v) is 7.14. The topological polar surface area (TPSA) is 73.4 Å². The van der Waals surface area contributed by atoms with Gasteiger partial charge in [-0.3, -0.25) is 9.69 Å². The summed E-state index contributed by atoms with van der Waals surface area (Å²) in [5.74, 6) is 5.89. The molecule has 3 aromatic rings. The van der Waals surface area contributed by atoms with Crippen molar-refractivity contribution in [3.8, 4) is 11.8 Å². The molecule has 208 valence electrons. The summed E-state index contributed by atoms with van der Waals surface area (Å²) in [5, 5.41) is 14.3. The number of nitrogens with zero attached hydrogens (tertiary/aromatic N) is 4. The Bertz CT molecular complexity index is 1440. The number of nitrogens with one attached hydrogen (secondary N) is 2. The van der Waals surface area contributed by atoms with E-state index in [1.807, 2.05) is 11.9 Å². The summed E-state index contributed by atoms with van der Waals surface area (Å²) in [4.78, 5) is 17.1. The molecule has 40 heavy (non-hydrogen) atoms. The van der Waals surface area contributed by atoms with Gasteiger partial charge in [0.2, 0.25) is 0 Å². The number of hydrogen-bond donors (Lipinski definition) is 2. The van der Waals surface area contributed by atoms with Gasteiger partial charge in [0, 0.05) is 55.6 Å². The third kappa shape index (κ3) is 7.30. The highest BCUT2D eigenvalue weighted by Gasteiger charge is 2.34. The van der Waals surface area contributed by atoms with Gasteiger partial charge in [0.15, 0.2) is 0 Å². The van der Waals surface area contributed by atoms with Crippen molar-refractivity contribution in [1.82, 2.24) is 20.0 Å². The fourth-order valence-electron chi connectivity index (χ4n) is 4.31. The molecule has 2 aromatic carbocycles. The van der Waals surface area contributed by atoms with Gasteiger partial charge >= 0.3 is 6.18 Å². The average Bonchev–Trinajstić information content (AvgIpc) is 3.74. The van der Waals surface area contributed by atoms with Crippen molar-refractivity contribution in [1.29, 1.82) is 0 Å². The first-order valence-electron chi connectivity index (χ1n) is 13.0. The zero-order valence-electron chi connectivity index (χ0n) is 21.9. The van der Waals surface area contributed by atoms with Crippen molar-refractivity contribution in [2.24, 2.45) is 0 Å². The molecule has 1 saturated carbocycles. The van der Waals surface area contributed by atoms with Crippen LogP contribution in [0.1, 0.15) is 45.6 Å². The number of aromatic nitrogens is 2. The van der Waals surface area contributed by atoms with Crippen LogP contribution in [0.25, 0.3) is 0 Å². The van der Waals surface area contributed by atoms with Gasteiger partial charge in [-0.1, -0.05) is 23.6 Å². The Hall–Kier alpha value is -3.65. The average molecular weight is 569 g/mol. The van der Waals surface area contributed by atoms with Crippen LogP contribution in [-0.4, -0.2) is 65.2 Å². The lowest BCUT2D eigenvalue weighted by molar-refractivity contribution is -0.138. The molecule has 2 N–H and O–H groups in total. The lowest BCUT2D eigenvalue weighted by Crippen LogP contribution is -2.44. The monoisotopic (exact) mass is 568 g/mol. The van der Waals surface area contributed by atoms with Gasteiger partial charge in [0.05, 0.1) is 10.6 Å². The van der Waals surface area contributed by atoms with E-state index >= 15 is 0 Å². The van der Waals surface area contributed by atoms with Crippen LogP contribution < -0.4 is 10.6 Å². The Labute approximate surface area is 235 Å². The Morgan fingerprint density at radius 1 is 1.02 bits per heavy atom. The Kier molecular flexibility index (Phi) is 8.26. The zero-order valence-corrected chi connectivity index (χ0v) is 22.6. The molecule has 0 radical (unpaired) electrons. The smallest absolute Gasteiger partial charge is 0.366 e. The minimum Gasteiger partial charge on any atom is -0.366 e. The number of hydrogen-bond acceptors (Lipinski definition) is 6. The van der Waals surface area contributed by atoms with Crippen molar-refractivity contribution in [3.05, 3.63) is 81.5 Å². The number of alkyl halides is 3. The number of amides is 1. The fraction of sp³-hybridized carbons (Fsp3) is 0.345. The maximum absolute atomic E-state index is 13.9. The second-order valence-electron chi connectivity index (χ2n) is 10.1. The Morgan fingerprint density at radius 2 is 1.80 bits per heavy atom. The van der Waals surface area contributed by atoms with Crippen LogP contribution in [0, 0.1) is 11.8 Å². The molecule has 2 fully saturated rings. The van der Waals surface area contributed by atoms with E-state index in [0.717, 1.165) is 32.0 Å². The number of piperazine rings is 1. The molecule has 2 heterocycles. The van der Waals surface area contributed by atoms with Gasteiger partial charge in [-0.15, -0.1) is 10.2 Å². The Morgan fingerprint density at radius 3 is 2.48 bits per heavy atom. The minimum absolute atomic E-state index is 0.0530. The molecule has 11 heteroatoms. The number of halogens is 4. The van der Waals surface area contributed by atoms with Crippen molar-refractivity contribution >= 4 is 29.0 Å². The van der Waals surface area contributed by atoms with Gasteiger partial charge in [0.25, 0.3) is 5.91 Å². The summed E-state index contributed by atoms with van der Waals surface area (Å²) in [5.41, 5.74) is 0.499. The van der Waals surface area contributed by atoms with E-state index < -0.39 is 17.6 Å². The van der Waals surface area contributed by atoms with Crippen molar-refractivity contribution in [3.63, 3.8) is 0 Å². The first kappa shape index (κ1) is 27.9. The largest absolute Gasteiger partial charge is 0.416 e. The maximum atomic E-state index is 13.9. The van der Waals surface area contributed by atoms with E-state index in [1.165, 1.54) is 30.3 Å². The maximum Gasteiger partial charge on any atom is 0.416 e. The van der Waals surface area contributed by atoms with E-state index in [-0.39, 0.29) is 23.4 Å². The second-order valence-corrected chi connectivity index (χ2v) is 10.5. The van der Waals surface area contributed by atoms with E-state index in [4.69, 9.17) is 11.6 Å². The normalized spacial score (nSPS) is 16.2. The van der Waals surface area contributed by atoms with Gasteiger partial charge in [-0.2, -0.15) is 13.2 Å². The predicted octanol–water partition coefficient (Wildman–Crippen LogP) is 5.12. The summed E-state index contributed by atoms with van der Waals surface area (Å²) in [6, 6.07) is 12.4. The minimum atomic E-state index is -4.55. The molecule has 0 spiro atoms. The van der Waals surface area contributed by atoms with Crippen LogP contribution in [0.5, 0.6) is 0 Å². The molecule has 0 atom stereocenters. The van der Waals surface area contributed by atoms with Gasteiger partial charge in [0.1, 0.15) is 11.5 Å². The van der Waals surface area contributed by atoms with E-state index in [1.54, 1.807) is 12.1 Å². The second kappa shape index (κ2) is 11.8. The number of rotatable bonds is 6. The molecule has 2 aliphatic rings. The Balaban J connectivity index is 1.29. The summed E-state index contributed by atoms with van der Waals surface area (Å²) < 4.78 is 41.8. The van der Waals surface area contributed by atoms with Crippen LogP contribution >= 0.6 is 11.6 Å². The highest BCUT2D eigenvalue weighted by molar-refractivity contribution is 6.32. The summed E-state index contributed by atoms with van der Waals surface area (Å²) in [6.07, 6.45) is -2.31. The van der Waals surface area contributed by atoms with E-state index in [2.05, 4.69) is 37.6 Å². The third-order valence-electron chi connectivity index (χ3n) is 6.81. The summed E-state index contributed by atoms with van der Waals surface area (Å²) >= 11 is 6.28. The first-order valence-corrected chi connectivity index (χ1v) is 13.4. The molecule has 7 nitrogen and oxygen atoms in total. The number of carbonyl (C=O) groups is 1. The quantitative estimate of drug-likeness (QED) is 0.402. The molecule has 1 saturated heterocycles. The molecular weight excluding hydrogens is 541 g/mol. The summed E-state index contributed by atoms with van der Waals surface area (Å²) in [6.45, 7) is 3.20. The zero-order chi connectivity index (χ0) is 28.3. The molecule has 0 unspecified atom stereocenters. The lowest BCUT2D eigenvalue weighted by atomic mass is 10.0. The number of benzene rings is 2. The molecule has 1 aliphatic heterocycles. The van der Waals surface area contributed by atoms with Crippen LogP contribution in [0.2, 0.25) is 5.02 Å². The SMILES string of the molecule is CN1CCN(Cc2ccc(NC(=O)c3ccc(Cl)c(C#Cc4ccc(NC5CC5)nn4)c3)cc2C(F)(F)F)CC1. The van der Waals surface area contributed by atoms with Crippen molar-refractivity contribution in [2.75, 3.05) is 43.9 Å². The highest BCUT2D eigenvalue weighted by atomic mass is 35.5. The standard InChI is InChI=1S/C29H28ClF3N6O/c1-38-12-14-39(15-13-38)18-21-3-6-24(17-25(21)29(31,32)33)35-28(40)20-4-10-26(30)19(16-20)2-5-23-9-11-27(37-36-23)34-22-7-8-22/h3-4,6,9-11,16-17,22H,7-8,12-15,18H2,1H3,(H,34,37)(H,35,40). The van der Waals surface area contributed by atoms with Gasteiger partial charge < -0.3 is 15.5 Å². The number of likely N-dealkylation sites (N-methyl/N-ethyl adjacent to an activating group) is 1. The van der Waals surface area contributed by atoms with Crippen LogP contribution in [-0.2, 0) is 12.7 Å². The van der Waals surface area contributed by atoms with Crippen molar-refractivity contribution < 1.29 is 18.0 Å². The molecule has 1 amide bonds. The first-order chi connectivity index (χ1) is 19.1. The van der Waals surface area contributed by atoms with Crippen LogP contribution in [0.4, 0.5) is 24.7 Å². The van der Waals surface area contributed by atoms with Crippen molar-refractivity contribution in [2.45, 2.75) is 31.6 Å². The fourth-order valence-corrected chi connectivity index (χ4v) is 4.48. The lowest BCUT2D eigenvalue weighted by Gasteiger charge is -2.33. The van der Waals surface area contributed by atoms with Gasteiger partial charge in [-0.25, -0.2) is 0 Å². The number of anilines is 2.